The lowest BCUT2D eigenvalue weighted by Crippen LogP contribution is -2.36. The van der Waals surface area contributed by atoms with Gasteiger partial charge in [0, 0.05) is 35.0 Å². The van der Waals surface area contributed by atoms with E-state index in [0.717, 1.165) is 49.3 Å². The molecule has 3 heteroatoms. The van der Waals surface area contributed by atoms with Crippen molar-refractivity contribution in [1.82, 2.24) is 5.32 Å². The first-order valence-electron chi connectivity index (χ1n) is 19.4. The summed E-state index contributed by atoms with van der Waals surface area (Å²) in [4.78, 5) is 6.39. The Labute approximate surface area is 324 Å². The normalized spacial score (nSPS) is 24.7. The number of aliphatic imine (C=N–C) groups is 1. The minimum atomic E-state index is -0.483. The maximum atomic E-state index is 5.06. The standard InChI is InChI=1S/C51H46N2S/c1-36-13-12-30-52-49-29-28-42(33-47(49)51(36)45-20-7-5-18-44(45)35-54-50-23-10-8-21-46(50)51)40-26-24-39(25-27-40)41-19-11-16-38(32-41)34-53-48-22-9-6-17-43(48)31-37-14-3-2-4-15-37/h2-16,18-26,28-30,32,40,42-43,53H,1,17,27,31,33-35H2/b13-12-,52-30?. The SMILES string of the molecule is C=C1/C=C\C=NC2=C(CC(C3C=CC(c4cccc(CNC5=CC=CCC5Cc5ccccc5)c4)=CC3)C=C2)C12c1ccccc1CSc1ccccc12. The second-order valence-electron chi connectivity index (χ2n) is 15.1. The number of nitrogens with one attached hydrogen (secondary N) is 1. The van der Waals surface area contributed by atoms with Gasteiger partial charge in [-0.15, -0.1) is 11.8 Å². The van der Waals surface area contributed by atoms with Gasteiger partial charge in [0.25, 0.3) is 0 Å². The maximum Gasteiger partial charge on any atom is 0.0693 e. The molecule has 4 unspecified atom stereocenters. The molecule has 4 aromatic rings. The predicted molar refractivity (Wildman–Crippen MR) is 228 cm³/mol. The molecule has 0 fully saturated rings. The van der Waals surface area contributed by atoms with Gasteiger partial charge < -0.3 is 5.32 Å². The van der Waals surface area contributed by atoms with Crippen molar-refractivity contribution < 1.29 is 0 Å². The molecule has 9 rings (SSSR count). The average molecular weight is 719 g/mol. The van der Waals surface area contributed by atoms with Crippen LogP contribution in [0.15, 0.2) is 203 Å². The fourth-order valence-corrected chi connectivity index (χ4v) is 10.3. The third-order valence-corrected chi connectivity index (χ3v) is 13.0. The lowest BCUT2D eigenvalue weighted by Gasteiger charge is -2.43. The van der Waals surface area contributed by atoms with Crippen LogP contribution in [0.5, 0.6) is 0 Å². The third kappa shape index (κ3) is 6.56. The molecule has 54 heavy (non-hydrogen) atoms. The Bertz CT molecular complexity index is 2280. The summed E-state index contributed by atoms with van der Waals surface area (Å²) in [6, 6.07) is 37.9. The zero-order valence-electron chi connectivity index (χ0n) is 30.7. The monoisotopic (exact) mass is 718 g/mol. The maximum absolute atomic E-state index is 5.06. The Morgan fingerprint density at radius 2 is 1.59 bits per heavy atom. The smallest absolute Gasteiger partial charge is 0.0693 e. The molecule has 0 amide bonds. The van der Waals surface area contributed by atoms with Crippen LogP contribution in [0.3, 0.4) is 0 Å². The minimum Gasteiger partial charge on any atom is -0.384 e. The van der Waals surface area contributed by atoms with Crippen LogP contribution in [-0.2, 0) is 24.1 Å². The molecule has 0 aromatic heterocycles. The Morgan fingerprint density at radius 1 is 0.778 bits per heavy atom. The summed E-state index contributed by atoms with van der Waals surface area (Å²) in [6.07, 6.45) is 29.0. The van der Waals surface area contributed by atoms with E-state index in [2.05, 4.69) is 169 Å². The van der Waals surface area contributed by atoms with Gasteiger partial charge in [-0.25, -0.2) is 0 Å². The number of rotatable bonds is 7. The molecule has 1 N–H and O–H groups in total. The van der Waals surface area contributed by atoms with Crippen molar-refractivity contribution in [2.24, 2.45) is 22.7 Å². The van der Waals surface area contributed by atoms with Crippen LogP contribution >= 0.6 is 11.8 Å². The van der Waals surface area contributed by atoms with Gasteiger partial charge in [-0.2, -0.15) is 0 Å². The van der Waals surface area contributed by atoms with E-state index in [1.807, 2.05) is 18.0 Å². The fourth-order valence-electron chi connectivity index (χ4n) is 9.18. The molecular formula is C51H46N2S. The predicted octanol–water partition coefficient (Wildman–Crippen LogP) is 12.1. The molecule has 266 valence electrons. The molecule has 3 aliphatic carbocycles. The van der Waals surface area contributed by atoms with Gasteiger partial charge in [0.05, 0.1) is 11.1 Å². The number of fused-ring (bicyclic) bond motifs is 5. The number of benzene rings is 4. The second-order valence-corrected chi connectivity index (χ2v) is 16.1. The molecule has 1 spiro atoms. The van der Waals surface area contributed by atoms with Gasteiger partial charge in [0.2, 0.25) is 0 Å². The first kappa shape index (κ1) is 34.4. The first-order valence-corrected chi connectivity index (χ1v) is 20.4. The molecule has 4 aromatic carbocycles. The van der Waals surface area contributed by atoms with E-state index >= 15 is 0 Å². The summed E-state index contributed by atoms with van der Waals surface area (Å²) in [5, 5.41) is 3.80. The van der Waals surface area contributed by atoms with E-state index in [-0.39, 0.29) is 0 Å². The quantitative estimate of drug-likeness (QED) is 0.206. The van der Waals surface area contributed by atoms with E-state index in [4.69, 9.17) is 11.6 Å². The summed E-state index contributed by atoms with van der Waals surface area (Å²) in [5.74, 6) is 2.18. The Balaban J connectivity index is 0.947. The van der Waals surface area contributed by atoms with Crippen molar-refractivity contribution in [3.05, 3.63) is 226 Å². The highest BCUT2D eigenvalue weighted by Crippen LogP contribution is 2.56. The van der Waals surface area contributed by atoms with Crippen LogP contribution in [-0.4, -0.2) is 6.21 Å². The van der Waals surface area contributed by atoms with Gasteiger partial charge in [-0.1, -0.05) is 140 Å². The number of hydrogen-bond acceptors (Lipinski definition) is 3. The van der Waals surface area contributed by atoms with Crippen molar-refractivity contribution in [3.63, 3.8) is 0 Å². The molecule has 0 bridgehead atoms. The largest absolute Gasteiger partial charge is 0.384 e. The number of thioether (sulfide) groups is 1. The molecule has 2 heterocycles. The van der Waals surface area contributed by atoms with Crippen molar-refractivity contribution in [2.45, 2.75) is 48.3 Å². The van der Waals surface area contributed by atoms with Gasteiger partial charge in [-0.3, -0.25) is 4.99 Å². The van der Waals surface area contributed by atoms with Crippen molar-refractivity contribution in [2.75, 3.05) is 0 Å². The lowest BCUT2D eigenvalue weighted by molar-refractivity contribution is 0.446. The first-order chi connectivity index (χ1) is 26.7. The number of nitrogens with zero attached hydrogens (tertiary/aromatic N) is 1. The van der Waals surface area contributed by atoms with E-state index < -0.39 is 5.41 Å². The van der Waals surface area contributed by atoms with Crippen LogP contribution < -0.4 is 5.32 Å². The fraction of sp³-hybridized carbons (Fsp3) is 0.196. The lowest BCUT2D eigenvalue weighted by atomic mass is 9.59. The van der Waals surface area contributed by atoms with Crippen LogP contribution in [0.25, 0.3) is 5.57 Å². The van der Waals surface area contributed by atoms with E-state index in [0.29, 0.717) is 17.8 Å². The highest BCUT2D eigenvalue weighted by atomic mass is 32.2. The second kappa shape index (κ2) is 15.2. The Kier molecular flexibility index (Phi) is 9.66. The summed E-state index contributed by atoms with van der Waals surface area (Å²) in [7, 11) is 0. The molecule has 0 radical (unpaired) electrons. The molecule has 0 saturated carbocycles. The molecular weight excluding hydrogens is 673 g/mol. The van der Waals surface area contributed by atoms with E-state index in [1.54, 1.807) is 0 Å². The zero-order chi connectivity index (χ0) is 36.3. The highest BCUT2D eigenvalue weighted by molar-refractivity contribution is 7.98. The van der Waals surface area contributed by atoms with E-state index in [1.165, 1.54) is 55.1 Å². The minimum absolute atomic E-state index is 0.355. The summed E-state index contributed by atoms with van der Waals surface area (Å²) >= 11 is 1.94. The van der Waals surface area contributed by atoms with Crippen LogP contribution in [0.4, 0.5) is 0 Å². The highest BCUT2D eigenvalue weighted by Gasteiger charge is 2.47. The molecule has 0 saturated heterocycles. The summed E-state index contributed by atoms with van der Waals surface area (Å²) < 4.78 is 0. The summed E-state index contributed by atoms with van der Waals surface area (Å²) in [6.45, 7) is 5.64. The van der Waals surface area contributed by atoms with Gasteiger partial charge >= 0.3 is 0 Å². The van der Waals surface area contributed by atoms with Crippen LogP contribution in [0.1, 0.15) is 52.6 Å². The third-order valence-electron chi connectivity index (χ3n) is 11.9. The van der Waals surface area contributed by atoms with Crippen LogP contribution in [0, 0.1) is 17.8 Å². The summed E-state index contributed by atoms with van der Waals surface area (Å²) in [5.41, 5.74) is 13.7. The molecule has 2 nitrogen and oxygen atoms in total. The van der Waals surface area contributed by atoms with Gasteiger partial charge in [-0.05, 0) is 118 Å². The van der Waals surface area contributed by atoms with Crippen molar-refractivity contribution in [1.29, 1.82) is 0 Å². The van der Waals surface area contributed by atoms with Gasteiger partial charge in [0.15, 0.2) is 0 Å². The van der Waals surface area contributed by atoms with Crippen molar-refractivity contribution >= 4 is 23.5 Å². The zero-order valence-corrected chi connectivity index (χ0v) is 31.5. The molecule has 5 aliphatic rings. The van der Waals surface area contributed by atoms with E-state index in [9.17, 15) is 0 Å². The Hall–Kier alpha value is -5.38. The van der Waals surface area contributed by atoms with Crippen molar-refractivity contribution in [3.8, 4) is 0 Å². The Morgan fingerprint density at radius 3 is 2.48 bits per heavy atom. The molecule has 2 aliphatic heterocycles. The average Bonchev–Trinajstić information content (AvgIpc) is 3.37. The van der Waals surface area contributed by atoms with Crippen LogP contribution in [0.2, 0.25) is 0 Å². The number of hydrogen-bond donors (Lipinski definition) is 1. The topological polar surface area (TPSA) is 24.4 Å². The van der Waals surface area contributed by atoms with Gasteiger partial charge in [0.1, 0.15) is 0 Å². The number of allylic oxidation sites excluding steroid dienone is 14. The molecule has 4 atom stereocenters.